The number of morpholine rings is 1. The number of ketones is 1. The van der Waals surface area contributed by atoms with Crippen LogP contribution >= 0.6 is 0 Å². The van der Waals surface area contributed by atoms with E-state index in [1.807, 2.05) is 0 Å². The van der Waals surface area contributed by atoms with Gasteiger partial charge < -0.3 is 19.1 Å². The van der Waals surface area contributed by atoms with Crippen LogP contribution in [0.3, 0.4) is 0 Å². The molecule has 0 aromatic heterocycles. The Morgan fingerprint density at radius 1 is 1.15 bits per heavy atom. The molecule has 1 heterocycles. The van der Waals surface area contributed by atoms with Gasteiger partial charge in [0.1, 0.15) is 12.7 Å². The monoisotopic (exact) mass is 461 g/mol. The van der Waals surface area contributed by atoms with Gasteiger partial charge in [-0.15, -0.1) is 0 Å². The van der Waals surface area contributed by atoms with Gasteiger partial charge in [-0.25, -0.2) is 8.78 Å². The van der Waals surface area contributed by atoms with Crippen LogP contribution in [0.25, 0.3) is 0 Å². The lowest BCUT2D eigenvalue weighted by atomic mass is 10.1. The Hall–Kier alpha value is -3.33. The molecule has 2 aromatic carbocycles. The molecule has 2 atom stereocenters. The second kappa shape index (κ2) is 11.0. The zero-order chi connectivity index (χ0) is 24.0. The van der Waals surface area contributed by atoms with Gasteiger partial charge in [0, 0.05) is 31.0 Å². The van der Waals surface area contributed by atoms with Gasteiger partial charge in [0.25, 0.3) is 5.91 Å². The minimum absolute atomic E-state index is 0.0667. The zero-order valence-corrected chi connectivity index (χ0v) is 18.4. The van der Waals surface area contributed by atoms with Gasteiger partial charge in [0.15, 0.2) is 23.2 Å². The van der Waals surface area contributed by atoms with Gasteiger partial charge >= 0.3 is 5.97 Å². The number of ether oxygens (including phenoxy) is 3. The summed E-state index contributed by atoms with van der Waals surface area (Å²) in [5.41, 5.74) is 0.464. The summed E-state index contributed by atoms with van der Waals surface area (Å²) in [7, 11) is 0. The van der Waals surface area contributed by atoms with Crippen LogP contribution in [0.4, 0.5) is 8.78 Å². The molecule has 0 bridgehead atoms. The molecule has 7 nitrogen and oxygen atoms in total. The molecule has 1 unspecified atom stereocenters. The van der Waals surface area contributed by atoms with E-state index in [0.717, 1.165) is 12.1 Å². The Labute approximate surface area is 190 Å². The maximum atomic E-state index is 14.3. The first-order valence-corrected chi connectivity index (χ1v) is 10.6. The smallest absolute Gasteiger partial charge is 0.303 e. The van der Waals surface area contributed by atoms with Crippen LogP contribution in [0, 0.1) is 11.6 Å². The fraction of sp³-hybridized carbons (Fsp3) is 0.375. The van der Waals surface area contributed by atoms with Crippen LogP contribution in [0.5, 0.6) is 5.75 Å². The quantitative estimate of drug-likeness (QED) is 0.442. The van der Waals surface area contributed by atoms with Crippen molar-refractivity contribution in [2.45, 2.75) is 32.5 Å². The summed E-state index contributed by atoms with van der Waals surface area (Å²) in [5, 5.41) is 0. The third kappa shape index (κ3) is 6.13. The molecule has 9 heteroatoms. The minimum atomic E-state index is -1.11. The van der Waals surface area contributed by atoms with E-state index in [4.69, 9.17) is 14.2 Å². The van der Waals surface area contributed by atoms with Crippen LogP contribution in [-0.4, -0.2) is 55.0 Å². The summed E-state index contributed by atoms with van der Waals surface area (Å²) in [6, 6.07) is 10.5. The van der Waals surface area contributed by atoms with E-state index in [1.54, 1.807) is 37.3 Å². The molecule has 176 valence electrons. The Morgan fingerprint density at radius 2 is 1.82 bits per heavy atom. The van der Waals surface area contributed by atoms with Crippen molar-refractivity contribution < 1.29 is 37.4 Å². The SMILES string of the molecule is CCC(=O)c1cc(F)c(OCC2CN(C(=O)[C@H](OC(C)=O)c3ccccc3)CCO2)c(F)c1. The summed E-state index contributed by atoms with van der Waals surface area (Å²) < 4.78 is 44.8. The average molecular weight is 461 g/mol. The average Bonchev–Trinajstić information content (AvgIpc) is 2.81. The van der Waals surface area contributed by atoms with E-state index in [1.165, 1.54) is 11.8 Å². The molecular weight excluding hydrogens is 436 g/mol. The molecular formula is C24H25F2NO6. The fourth-order valence-electron chi connectivity index (χ4n) is 3.48. The Morgan fingerprint density at radius 3 is 2.42 bits per heavy atom. The number of carbonyl (C=O) groups is 3. The fourth-order valence-corrected chi connectivity index (χ4v) is 3.48. The molecule has 1 fully saturated rings. The van der Waals surface area contributed by atoms with Crippen LogP contribution in [0.1, 0.15) is 42.3 Å². The topological polar surface area (TPSA) is 82.1 Å². The third-order valence-electron chi connectivity index (χ3n) is 5.12. The lowest BCUT2D eigenvalue weighted by Crippen LogP contribution is -2.49. The predicted octanol–water partition coefficient (Wildman–Crippen LogP) is 3.47. The van der Waals surface area contributed by atoms with E-state index in [-0.39, 0.29) is 44.1 Å². The number of halogens is 2. The van der Waals surface area contributed by atoms with Gasteiger partial charge in [-0.2, -0.15) is 0 Å². The molecule has 0 N–H and O–H groups in total. The highest BCUT2D eigenvalue weighted by atomic mass is 19.1. The Bertz CT molecular complexity index is 990. The Balaban J connectivity index is 1.67. The molecule has 1 aliphatic heterocycles. The largest absolute Gasteiger partial charge is 0.485 e. The van der Waals surface area contributed by atoms with Crippen molar-refractivity contribution in [3.63, 3.8) is 0 Å². The van der Waals surface area contributed by atoms with Gasteiger partial charge in [0.2, 0.25) is 6.10 Å². The standard InChI is InChI=1S/C24H25F2NO6/c1-3-21(29)17-11-19(25)23(20(26)12-17)32-14-18-13-27(9-10-31-18)24(30)22(33-15(2)28)16-7-5-4-6-8-16/h4-8,11-12,18,22H,3,9-10,13-14H2,1-2H3/t18?,22-/m1/s1. The number of hydrogen-bond acceptors (Lipinski definition) is 6. The number of nitrogens with zero attached hydrogens (tertiary/aromatic N) is 1. The van der Waals surface area contributed by atoms with Crippen LogP contribution < -0.4 is 4.74 Å². The summed E-state index contributed by atoms with van der Waals surface area (Å²) in [5.74, 6) is -4.00. The molecule has 2 aromatic rings. The van der Waals surface area contributed by atoms with E-state index < -0.39 is 41.5 Å². The highest BCUT2D eigenvalue weighted by molar-refractivity contribution is 5.96. The number of hydrogen-bond donors (Lipinski definition) is 0. The number of amides is 1. The maximum absolute atomic E-state index is 14.3. The number of Topliss-reactive ketones (excluding diaryl/α,β-unsaturated/α-hetero) is 1. The second-order valence-corrected chi connectivity index (χ2v) is 7.53. The summed E-state index contributed by atoms with van der Waals surface area (Å²) in [4.78, 5) is 37.8. The molecule has 1 aliphatic rings. The minimum Gasteiger partial charge on any atom is -0.485 e. The first-order valence-electron chi connectivity index (χ1n) is 10.6. The lowest BCUT2D eigenvalue weighted by Gasteiger charge is -2.34. The summed E-state index contributed by atoms with van der Waals surface area (Å²) in [6.45, 7) is 3.12. The van der Waals surface area contributed by atoms with Crippen molar-refractivity contribution in [1.82, 2.24) is 4.90 Å². The molecule has 1 saturated heterocycles. The lowest BCUT2D eigenvalue weighted by molar-refractivity contribution is -0.163. The molecule has 1 amide bonds. The Kier molecular flexibility index (Phi) is 8.11. The molecule has 0 radical (unpaired) electrons. The first kappa shape index (κ1) is 24.3. The van der Waals surface area contributed by atoms with Gasteiger partial charge in [-0.1, -0.05) is 37.3 Å². The van der Waals surface area contributed by atoms with Gasteiger partial charge in [-0.05, 0) is 12.1 Å². The molecule has 0 saturated carbocycles. The zero-order valence-electron chi connectivity index (χ0n) is 18.4. The number of carbonyl (C=O) groups excluding carboxylic acids is 3. The van der Waals surface area contributed by atoms with Crippen LogP contribution in [-0.2, 0) is 19.1 Å². The van der Waals surface area contributed by atoms with Crippen molar-refractivity contribution in [1.29, 1.82) is 0 Å². The van der Waals surface area contributed by atoms with Crippen molar-refractivity contribution >= 4 is 17.7 Å². The van der Waals surface area contributed by atoms with E-state index in [0.29, 0.717) is 5.56 Å². The van der Waals surface area contributed by atoms with Crippen LogP contribution in [0.2, 0.25) is 0 Å². The molecule has 33 heavy (non-hydrogen) atoms. The van der Waals surface area contributed by atoms with Gasteiger partial charge in [0.05, 0.1) is 13.2 Å². The third-order valence-corrected chi connectivity index (χ3v) is 5.12. The highest BCUT2D eigenvalue weighted by Crippen LogP contribution is 2.26. The number of esters is 1. The van der Waals surface area contributed by atoms with Crippen molar-refractivity contribution in [2.24, 2.45) is 0 Å². The number of rotatable bonds is 8. The van der Waals surface area contributed by atoms with Crippen molar-refractivity contribution in [3.8, 4) is 5.75 Å². The predicted molar refractivity (Wildman–Crippen MR) is 114 cm³/mol. The first-order chi connectivity index (χ1) is 15.8. The van der Waals surface area contributed by atoms with E-state index >= 15 is 0 Å². The second-order valence-electron chi connectivity index (χ2n) is 7.53. The van der Waals surface area contributed by atoms with E-state index in [9.17, 15) is 23.2 Å². The summed E-state index contributed by atoms with van der Waals surface area (Å²) in [6.07, 6.45) is -1.65. The number of benzene rings is 2. The molecule has 0 spiro atoms. The molecule has 3 rings (SSSR count). The van der Waals surface area contributed by atoms with Gasteiger partial charge in [-0.3, -0.25) is 14.4 Å². The van der Waals surface area contributed by atoms with Crippen molar-refractivity contribution in [2.75, 3.05) is 26.3 Å². The van der Waals surface area contributed by atoms with Crippen LogP contribution in [0.15, 0.2) is 42.5 Å². The van der Waals surface area contributed by atoms with E-state index in [2.05, 4.69) is 0 Å². The van der Waals surface area contributed by atoms with Crippen molar-refractivity contribution in [3.05, 3.63) is 65.2 Å². The summed E-state index contributed by atoms with van der Waals surface area (Å²) >= 11 is 0. The highest BCUT2D eigenvalue weighted by Gasteiger charge is 2.33. The maximum Gasteiger partial charge on any atom is 0.303 e. The normalized spacial score (nSPS) is 16.7. The molecule has 0 aliphatic carbocycles.